The normalized spacial score (nSPS) is 21.8. The van der Waals surface area contributed by atoms with Crippen molar-refractivity contribution < 1.29 is 4.39 Å². The van der Waals surface area contributed by atoms with Crippen LogP contribution in [0.4, 0.5) is 4.39 Å². The van der Waals surface area contributed by atoms with E-state index in [1.807, 2.05) is 6.07 Å². The molecular weight excluding hydrogens is 317 g/mol. The fraction of sp³-hybridized carbons (Fsp3) is 0.647. The van der Waals surface area contributed by atoms with E-state index in [1.54, 1.807) is 6.07 Å². The van der Waals surface area contributed by atoms with Crippen molar-refractivity contribution in [1.29, 1.82) is 0 Å². The summed E-state index contributed by atoms with van der Waals surface area (Å²) in [6.07, 6.45) is 0.877. The van der Waals surface area contributed by atoms with Crippen LogP contribution >= 0.6 is 15.9 Å². The second-order valence-electron chi connectivity index (χ2n) is 7.07. The Bertz CT molecular complexity index is 462. The predicted octanol–water partition coefficient (Wildman–Crippen LogP) is 4.79. The lowest BCUT2D eigenvalue weighted by Crippen LogP contribution is -2.35. The molecule has 1 unspecified atom stereocenters. The first-order valence-electron chi connectivity index (χ1n) is 7.38. The molecule has 0 saturated heterocycles. The summed E-state index contributed by atoms with van der Waals surface area (Å²) in [5, 5.41) is 3.61. The Labute approximate surface area is 130 Å². The van der Waals surface area contributed by atoms with Crippen LogP contribution in [-0.4, -0.2) is 12.6 Å². The first kappa shape index (κ1) is 16.0. The molecule has 0 amide bonds. The number of hydrogen-bond acceptors (Lipinski definition) is 1. The third-order valence-electron chi connectivity index (χ3n) is 5.38. The van der Waals surface area contributed by atoms with E-state index in [2.05, 4.69) is 55.9 Å². The Morgan fingerprint density at radius 2 is 1.80 bits per heavy atom. The van der Waals surface area contributed by atoms with Crippen LogP contribution in [0.15, 0.2) is 22.7 Å². The van der Waals surface area contributed by atoms with Gasteiger partial charge in [-0.05, 0) is 53.5 Å². The molecule has 1 aliphatic rings. The molecule has 20 heavy (non-hydrogen) atoms. The first-order chi connectivity index (χ1) is 9.20. The average molecular weight is 342 g/mol. The smallest absolute Gasteiger partial charge is 0.124 e. The molecule has 0 aromatic heterocycles. The van der Waals surface area contributed by atoms with Crippen molar-refractivity contribution in [2.75, 3.05) is 6.54 Å². The zero-order valence-corrected chi connectivity index (χ0v) is 14.6. The summed E-state index contributed by atoms with van der Waals surface area (Å²) < 4.78 is 14.4. The Morgan fingerprint density at radius 3 is 2.25 bits per heavy atom. The summed E-state index contributed by atoms with van der Waals surface area (Å²) in [5.74, 6) is 0.455. The quantitative estimate of drug-likeness (QED) is 0.811. The highest BCUT2D eigenvalue weighted by molar-refractivity contribution is 9.10. The molecule has 1 aromatic rings. The van der Waals surface area contributed by atoms with Crippen LogP contribution in [0.5, 0.6) is 0 Å². The van der Waals surface area contributed by atoms with Gasteiger partial charge < -0.3 is 5.32 Å². The van der Waals surface area contributed by atoms with Gasteiger partial charge in [-0.3, -0.25) is 0 Å². The number of likely N-dealkylation sites (N-methyl/N-ethyl adjacent to an activating group) is 1. The molecule has 1 saturated carbocycles. The Hall–Kier alpha value is -0.410. The molecule has 1 atom stereocenters. The molecule has 1 N–H and O–H groups in total. The lowest BCUT2D eigenvalue weighted by Gasteiger charge is -2.20. The topological polar surface area (TPSA) is 12.0 Å². The Morgan fingerprint density at radius 1 is 1.20 bits per heavy atom. The summed E-state index contributed by atoms with van der Waals surface area (Å²) in [5.41, 5.74) is 1.73. The second kappa shape index (κ2) is 5.42. The zero-order chi connectivity index (χ0) is 15.1. The van der Waals surface area contributed by atoms with Crippen molar-refractivity contribution in [3.63, 3.8) is 0 Å². The third-order valence-corrected chi connectivity index (χ3v) is 5.84. The predicted molar refractivity (Wildman–Crippen MR) is 86.3 cm³/mol. The van der Waals surface area contributed by atoms with E-state index in [0.717, 1.165) is 23.0 Å². The highest BCUT2D eigenvalue weighted by atomic mass is 79.9. The Kier molecular flexibility index (Phi) is 4.32. The van der Waals surface area contributed by atoms with E-state index in [4.69, 9.17) is 0 Å². The minimum absolute atomic E-state index is 0.168. The van der Waals surface area contributed by atoms with E-state index >= 15 is 0 Å². The van der Waals surface area contributed by atoms with Gasteiger partial charge in [0.1, 0.15) is 5.82 Å². The van der Waals surface area contributed by atoms with Crippen molar-refractivity contribution >= 4 is 15.9 Å². The molecule has 0 heterocycles. The summed E-state index contributed by atoms with van der Waals surface area (Å²) in [7, 11) is 0. The summed E-state index contributed by atoms with van der Waals surface area (Å²) in [6.45, 7) is 12.4. The lowest BCUT2D eigenvalue weighted by molar-refractivity contribution is 0.402. The number of halogens is 2. The van der Waals surface area contributed by atoms with Crippen LogP contribution in [0.2, 0.25) is 0 Å². The second-order valence-corrected chi connectivity index (χ2v) is 7.98. The molecule has 1 aliphatic carbocycles. The van der Waals surface area contributed by atoms with E-state index in [0.29, 0.717) is 22.8 Å². The molecule has 0 spiro atoms. The number of hydrogen-bond donors (Lipinski definition) is 1. The molecule has 1 fully saturated rings. The minimum Gasteiger partial charge on any atom is -0.314 e. The maximum Gasteiger partial charge on any atom is 0.124 e. The molecule has 0 bridgehead atoms. The van der Waals surface area contributed by atoms with Gasteiger partial charge in [0.15, 0.2) is 0 Å². The monoisotopic (exact) mass is 341 g/mol. The van der Waals surface area contributed by atoms with Crippen molar-refractivity contribution in [1.82, 2.24) is 5.32 Å². The Balaban J connectivity index is 2.19. The standard InChI is InChI=1S/C17H25BrFN/c1-6-20-14(15-16(2,3)17(15,4)5)9-11-7-12(18)10-13(19)8-11/h7-8,10,14-15,20H,6,9H2,1-5H3. The minimum atomic E-state index is -0.168. The van der Waals surface area contributed by atoms with Gasteiger partial charge in [-0.15, -0.1) is 0 Å². The van der Waals surface area contributed by atoms with Gasteiger partial charge in [-0.2, -0.15) is 0 Å². The summed E-state index contributed by atoms with van der Waals surface area (Å²) >= 11 is 3.38. The van der Waals surface area contributed by atoms with E-state index in [-0.39, 0.29) is 5.82 Å². The molecule has 1 nitrogen and oxygen atoms in total. The van der Waals surface area contributed by atoms with Crippen molar-refractivity contribution in [3.8, 4) is 0 Å². The highest BCUT2D eigenvalue weighted by Gasteiger charge is 2.66. The fourth-order valence-electron chi connectivity index (χ4n) is 3.81. The van der Waals surface area contributed by atoms with Gasteiger partial charge in [-0.1, -0.05) is 50.5 Å². The highest BCUT2D eigenvalue weighted by Crippen LogP contribution is 2.69. The van der Waals surface area contributed by atoms with Crippen LogP contribution in [-0.2, 0) is 6.42 Å². The van der Waals surface area contributed by atoms with Crippen LogP contribution in [0.25, 0.3) is 0 Å². The van der Waals surface area contributed by atoms with Gasteiger partial charge in [-0.25, -0.2) is 4.39 Å². The number of benzene rings is 1. The van der Waals surface area contributed by atoms with E-state index in [9.17, 15) is 4.39 Å². The third kappa shape index (κ3) is 2.80. The van der Waals surface area contributed by atoms with Gasteiger partial charge >= 0.3 is 0 Å². The van der Waals surface area contributed by atoms with Crippen LogP contribution in [0.3, 0.4) is 0 Å². The molecule has 2 rings (SSSR count). The molecule has 0 radical (unpaired) electrons. The van der Waals surface area contributed by atoms with Crippen LogP contribution < -0.4 is 5.32 Å². The first-order valence-corrected chi connectivity index (χ1v) is 8.17. The van der Waals surface area contributed by atoms with Gasteiger partial charge in [0, 0.05) is 10.5 Å². The molecular formula is C17H25BrFN. The van der Waals surface area contributed by atoms with E-state index in [1.165, 1.54) is 6.07 Å². The average Bonchev–Trinajstić information content (AvgIpc) is 2.67. The maximum atomic E-state index is 13.5. The number of rotatable bonds is 5. The van der Waals surface area contributed by atoms with Gasteiger partial charge in [0.2, 0.25) is 0 Å². The number of nitrogens with one attached hydrogen (secondary N) is 1. The van der Waals surface area contributed by atoms with Crippen molar-refractivity contribution in [3.05, 3.63) is 34.1 Å². The zero-order valence-electron chi connectivity index (χ0n) is 13.1. The molecule has 0 aliphatic heterocycles. The molecule has 3 heteroatoms. The van der Waals surface area contributed by atoms with Gasteiger partial charge in [0.25, 0.3) is 0 Å². The summed E-state index contributed by atoms with van der Waals surface area (Å²) in [4.78, 5) is 0. The maximum absolute atomic E-state index is 13.5. The van der Waals surface area contributed by atoms with Gasteiger partial charge in [0.05, 0.1) is 0 Å². The van der Waals surface area contributed by atoms with Crippen LogP contribution in [0.1, 0.15) is 40.2 Å². The molecule has 112 valence electrons. The molecule has 1 aromatic carbocycles. The fourth-order valence-corrected chi connectivity index (χ4v) is 4.32. The lowest BCUT2D eigenvalue weighted by atomic mass is 9.96. The van der Waals surface area contributed by atoms with Crippen LogP contribution in [0, 0.1) is 22.6 Å². The SMILES string of the molecule is CCNC(Cc1cc(F)cc(Br)c1)C1C(C)(C)C1(C)C. The largest absolute Gasteiger partial charge is 0.314 e. The van der Waals surface area contributed by atoms with E-state index < -0.39 is 0 Å². The van der Waals surface area contributed by atoms with Crippen molar-refractivity contribution in [2.45, 2.75) is 47.1 Å². The summed E-state index contributed by atoms with van der Waals surface area (Å²) in [6, 6.07) is 5.59. The van der Waals surface area contributed by atoms with Crippen molar-refractivity contribution in [2.24, 2.45) is 16.7 Å².